The molecule has 0 aliphatic carbocycles. The summed E-state index contributed by atoms with van der Waals surface area (Å²) in [6.45, 7) is 16.0. The molecule has 270 valence electrons. The van der Waals surface area contributed by atoms with Crippen LogP contribution in [-0.2, 0) is 10.8 Å². The number of aryl methyl sites for hydroxylation is 1. The van der Waals surface area contributed by atoms with Gasteiger partial charge in [0.05, 0.1) is 0 Å². The lowest BCUT2D eigenvalue weighted by Crippen LogP contribution is -2.62. The first-order valence-electron chi connectivity index (χ1n) is 19.4. The molecule has 4 heteroatoms. The minimum absolute atomic E-state index is 0.0576. The summed E-state index contributed by atoms with van der Waals surface area (Å²) in [4.78, 5) is 4.90. The lowest BCUT2D eigenvalue weighted by atomic mass is 9.32. The maximum absolute atomic E-state index is 14.6. The highest BCUT2D eigenvalue weighted by molar-refractivity contribution is 7.01. The van der Waals surface area contributed by atoms with E-state index >= 15 is 0 Å². The fourth-order valence-electron chi connectivity index (χ4n) is 8.71. The molecule has 7 aromatic carbocycles. The zero-order chi connectivity index (χ0) is 38.2. The summed E-state index contributed by atoms with van der Waals surface area (Å²) < 4.78 is 14.6. The van der Waals surface area contributed by atoms with Gasteiger partial charge in [0, 0.05) is 34.1 Å². The number of halogens is 1. The summed E-state index contributed by atoms with van der Waals surface area (Å²) in [5, 5.41) is 0. The van der Waals surface area contributed by atoms with Gasteiger partial charge in [-0.2, -0.15) is 0 Å². The lowest BCUT2D eigenvalue weighted by molar-refractivity contribution is 0.569. The average Bonchev–Trinajstić information content (AvgIpc) is 3.17. The Hall–Kier alpha value is -5.87. The second kappa shape index (κ2) is 12.9. The molecule has 0 amide bonds. The van der Waals surface area contributed by atoms with Gasteiger partial charge in [0.1, 0.15) is 5.82 Å². The van der Waals surface area contributed by atoms with Gasteiger partial charge < -0.3 is 9.80 Å². The van der Waals surface area contributed by atoms with Crippen LogP contribution in [0.4, 0.5) is 38.5 Å². The van der Waals surface area contributed by atoms with Crippen LogP contribution in [0.15, 0.2) is 152 Å². The summed E-state index contributed by atoms with van der Waals surface area (Å²) in [7, 11) is 0. The topological polar surface area (TPSA) is 6.48 Å². The third-order valence-corrected chi connectivity index (χ3v) is 11.4. The fraction of sp³-hybridized carbons (Fsp3) is 0.176. The van der Waals surface area contributed by atoms with Gasteiger partial charge in [0.15, 0.2) is 0 Å². The van der Waals surface area contributed by atoms with Crippen LogP contribution in [0, 0.1) is 12.7 Å². The van der Waals surface area contributed by atoms with Crippen LogP contribution in [0.1, 0.15) is 58.2 Å². The van der Waals surface area contributed by atoms with E-state index in [2.05, 4.69) is 186 Å². The molecule has 2 aliphatic heterocycles. The van der Waals surface area contributed by atoms with E-state index in [1.54, 1.807) is 12.1 Å². The molecule has 9 rings (SSSR count). The van der Waals surface area contributed by atoms with Crippen LogP contribution in [-0.4, -0.2) is 6.71 Å². The number of anilines is 6. The Morgan fingerprint density at radius 1 is 0.436 bits per heavy atom. The van der Waals surface area contributed by atoms with Crippen LogP contribution < -0.4 is 26.2 Å². The van der Waals surface area contributed by atoms with E-state index in [0.717, 1.165) is 28.3 Å². The van der Waals surface area contributed by atoms with Crippen LogP contribution in [0.5, 0.6) is 0 Å². The highest BCUT2D eigenvalue weighted by Crippen LogP contribution is 2.48. The first-order chi connectivity index (χ1) is 26.4. The number of rotatable bonds is 4. The van der Waals surface area contributed by atoms with E-state index in [1.807, 2.05) is 12.1 Å². The Balaban J connectivity index is 1.45. The fourth-order valence-corrected chi connectivity index (χ4v) is 8.71. The normalized spacial score (nSPS) is 13.3. The molecule has 0 atom stereocenters. The van der Waals surface area contributed by atoms with Crippen LogP contribution >= 0.6 is 0 Å². The van der Waals surface area contributed by atoms with Crippen molar-refractivity contribution in [1.82, 2.24) is 0 Å². The molecular formula is C51H46BFN2. The van der Waals surface area contributed by atoms with Crippen LogP contribution in [0.25, 0.3) is 22.3 Å². The molecule has 0 unspecified atom stereocenters. The summed E-state index contributed by atoms with van der Waals surface area (Å²) in [5.74, 6) is -0.246. The molecule has 0 N–H and O–H groups in total. The van der Waals surface area contributed by atoms with Gasteiger partial charge >= 0.3 is 0 Å². The van der Waals surface area contributed by atoms with Gasteiger partial charge in [0.25, 0.3) is 6.71 Å². The van der Waals surface area contributed by atoms with Gasteiger partial charge in [-0.05, 0) is 134 Å². The molecule has 2 nitrogen and oxygen atoms in total. The van der Waals surface area contributed by atoms with Crippen molar-refractivity contribution < 1.29 is 4.39 Å². The molecule has 0 saturated heterocycles. The van der Waals surface area contributed by atoms with Gasteiger partial charge in [-0.15, -0.1) is 0 Å². The molecule has 0 fully saturated rings. The summed E-state index contributed by atoms with van der Waals surface area (Å²) in [5.41, 5.74) is 18.9. The van der Waals surface area contributed by atoms with Crippen molar-refractivity contribution in [3.05, 3.63) is 174 Å². The maximum atomic E-state index is 14.6. The summed E-state index contributed by atoms with van der Waals surface area (Å²) >= 11 is 0. The number of fused-ring (bicyclic) bond motifs is 4. The molecule has 55 heavy (non-hydrogen) atoms. The minimum atomic E-state index is -0.246. The molecule has 0 spiro atoms. The molecule has 2 heterocycles. The predicted octanol–water partition coefficient (Wildman–Crippen LogP) is 12.1. The molecule has 7 aromatic rings. The Labute approximate surface area is 326 Å². The highest BCUT2D eigenvalue weighted by Gasteiger charge is 2.46. The summed E-state index contributed by atoms with van der Waals surface area (Å²) in [6, 6.07) is 54.1. The van der Waals surface area contributed by atoms with E-state index in [4.69, 9.17) is 0 Å². The van der Waals surface area contributed by atoms with Gasteiger partial charge in [0.2, 0.25) is 0 Å². The quantitative estimate of drug-likeness (QED) is 0.167. The Kier molecular flexibility index (Phi) is 8.16. The van der Waals surface area contributed by atoms with Crippen molar-refractivity contribution in [2.45, 2.75) is 59.3 Å². The molecule has 2 aliphatic rings. The largest absolute Gasteiger partial charge is 0.311 e. The Morgan fingerprint density at radius 2 is 0.891 bits per heavy atom. The number of hydrogen-bond acceptors (Lipinski definition) is 2. The second-order valence-corrected chi connectivity index (χ2v) is 17.3. The average molecular weight is 717 g/mol. The zero-order valence-electron chi connectivity index (χ0n) is 32.8. The molecule has 0 saturated carbocycles. The zero-order valence-corrected chi connectivity index (χ0v) is 32.8. The maximum Gasteiger partial charge on any atom is 0.253 e. The second-order valence-electron chi connectivity index (χ2n) is 17.3. The highest BCUT2D eigenvalue weighted by atomic mass is 19.1. The van der Waals surface area contributed by atoms with Gasteiger partial charge in [-0.25, -0.2) is 4.39 Å². The van der Waals surface area contributed by atoms with Crippen molar-refractivity contribution in [1.29, 1.82) is 0 Å². The van der Waals surface area contributed by atoms with E-state index in [1.165, 1.54) is 61.1 Å². The summed E-state index contributed by atoms with van der Waals surface area (Å²) in [6.07, 6.45) is 0. The van der Waals surface area contributed by atoms with Crippen LogP contribution in [0.2, 0.25) is 0 Å². The van der Waals surface area contributed by atoms with Crippen molar-refractivity contribution >= 4 is 57.2 Å². The van der Waals surface area contributed by atoms with Crippen LogP contribution in [0.3, 0.4) is 0 Å². The number of benzene rings is 7. The van der Waals surface area contributed by atoms with E-state index in [9.17, 15) is 4.39 Å². The van der Waals surface area contributed by atoms with E-state index in [0.29, 0.717) is 0 Å². The SMILES string of the molecule is Cc1cc2c3c(c1)N(c1cc(C(C)(C)C)cc(C(C)(C)C)c1)c1cccc(-c4ccccc4)c1B3c1c(-c3ccccc3)cccc1N2c1ccc(F)cc1. The van der Waals surface area contributed by atoms with Gasteiger partial charge in [-0.1, -0.05) is 133 Å². The minimum Gasteiger partial charge on any atom is -0.311 e. The molecule has 0 bridgehead atoms. The van der Waals surface area contributed by atoms with E-state index < -0.39 is 0 Å². The number of nitrogens with zero attached hydrogens (tertiary/aromatic N) is 2. The molecule has 0 radical (unpaired) electrons. The van der Waals surface area contributed by atoms with Crippen molar-refractivity contribution in [2.75, 3.05) is 9.80 Å². The van der Waals surface area contributed by atoms with E-state index in [-0.39, 0.29) is 23.4 Å². The van der Waals surface area contributed by atoms with Crippen molar-refractivity contribution in [3.8, 4) is 22.3 Å². The van der Waals surface area contributed by atoms with Crippen molar-refractivity contribution in [2.24, 2.45) is 0 Å². The predicted molar refractivity (Wildman–Crippen MR) is 233 cm³/mol. The van der Waals surface area contributed by atoms with Gasteiger partial charge in [-0.3, -0.25) is 0 Å². The first-order valence-corrected chi connectivity index (χ1v) is 19.4. The monoisotopic (exact) mass is 716 g/mol. The molecular weight excluding hydrogens is 670 g/mol. The standard InChI is InChI=1S/C51H46BFN2/c1-33-28-45-49-46(29-33)55(40-31-36(50(2,3)4)30-37(32-40)51(5,6)7)44-23-15-21-42(35-18-12-9-13-19-35)48(44)52(49)47-41(34-16-10-8-11-17-34)20-14-22-43(47)54(45)39-26-24-38(53)25-27-39/h8-32H,1-7H3. The molecule has 0 aromatic heterocycles. The third kappa shape index (κ3) is 5.87. The lowest BCUT2D eigenvalue weighted by Gasteiger charge is -2.46. The number of hydrogen-bond donors (Lipinski definition) is 0. The third-order valence-electron chi connectivity index (χ3n) is 11.4. The van der Waals surface area contributed by atoms with Crippen molar-refractivity contribution in [3.63, 3.8) is 0 Å². The Bertz CT molecular complexity index is 2550. The Morgan fingerprint density at radius 3 is 1.35 bits per heavy atom. The first kappa shape index (κ1) is 34.9. The smallest absolute Gasteiger partial charge is 0.253 e.